The zero-order valence-corrected chi connectivity index (χ0v) is 37.5. The lowest BCUT2D eigenvalue weighted by Gasteiger charge is -2.36. The maximum atomic E-state index is 14.2. The lowest BCUT2D eigenvalue weighted by atomic mass is 9.74. The van der Waals surface area contributed by atoms with E-state index in [4.69, 9.17) is 19.4 Å². The number of nitrogens with one attached hydrogen (secondary N) is 2. The summed E-state index contributed by atoms with van der Waals surface area (Å²) in [6, 6.07) is 10.2. The molecule has 15 heteroatoms. The number of benzene rings is 1. The molecule has 328 valence electrons. The summed E-state index contributed by atoms with van der Waals surface area (Å²) in [4.78, 5) is 54.5. The smallest absolute Gasteiger partial charge is 0.324 e. The van der Waals surface area contributed by atoms with Gasteiger partial charge in [-0.15, -0.1) is 11.3 Å². The zero-order valence-electron chi connectivity index (χ0n) is 36.7. The van der Waals surface area contributed by atoms with Gasteiger partial charge in [0, 0.05) is 48.7 Å². The van der Waals surface area contributed by atoms with Crippen LogP contribution in [0.1, 0.15) is 107 Å². The van der Waals surface area contributed by atoms with Gasteiger partial charge in [-0.05, 0) is 114 Å². The number of imidazole rings is 1. The summed E-state index contributed by atoms with van der Waals surface area (Å²) in [5, 5.41) is 16.7. The van der Waals surface area contributed by atoms with Crippen LogP contribution in [-0.4, -0.2) is 93.7 Å². The number of fused-ring (bicyclic) bond motifs is 6. The normalized spacial score (nSPS) is 25.4. The number of carbonyl (C=O) groups excluding carboxylic acids is 3. The number of pyridine rings is 1. The molecule has 2 amide bonds. The van der Waals surface area contributed by atoms with Gasteiger partial charge in [-0.3, -0.25) is 24.4 Å². The van der Waals surface area contributed by atoms with E-state index in [-0.39, 0.29) is 36.9 Å². The molecule has 0 unspecified atom stereocenters. The number of cyclic esters (lactones) is 1. The van der Waals surface area contributed by atoms with Gasteiger partial charge in [0.05, 0.1) is 59.1 Å². The van der Waals surface area contributed by atoms with Gasteiger partial charge < -0.3 is 19.7 Å². The molecule has 5 atom stereocenters. The van der Waals surface area contributed by atoms with Crippen molar-refractivity contribution in [1.29, 1.82) is 5.26 Å². The summed E-state index contributed by atoms with van der Waals surface area (Å²) in [5.41, 5.74) is 9.60. The monoisotopic (exact) mass is 862 g/mol. The number of nitrogens with zero attached hydrogens (tertiary/aromatic N) is 7. The molecule has 6 bridgehead atoms. The Bertz CT molecular complexity index is 2390. The zero-order chi connectivity index (χ0) is 43.3. The maximum Gasteiger partial charge on any atom is 0.324 e. The lowest BCUT2D eigenvalue weighted by molar-refractivity contribution is -0.657. The van der Waals surface area contributed by atoms with Crippen molar-refractivity contribution >= 4 is 40.2 Å². The van der Waals surface area contributed by atoms with Crippen molar-refractivity contribution in [2.45, 2.75) is 129 Å². The van der Waals surface area contributed by atoms with E-state index in [1.165, 1.54) is 34.8 Å². The average Bonchev–Trinajstić information content (AvgIpc) is 3.95. The maximum absolute atomic E-state index is 14.2. The van der Waals surface area contributed by atoms with E-state index in [1.807, 2.05) is 5.38 Å². The third-order valence-corrected chi connectivity index (χ3v) is 14.8. The summed E-state index contributed by atoms with van der Waals surface area (Å²) < 4.78 is 16.9. The molecule has 4 aromatic rings. The van der Waals surface area contributed by atoms with Gasteiger partial charge in [0.15, 0.2) is 11.0 Å². The highest BCUT2D eigenvalue weighted by molar-refractivity contribution is 7.10. The molecule has 3 aromatic heterocycles. The van der Waals surface area contributed by atoms with Gasteiger partial charge in [0.2, 0.25) is 5.91 Å². The second-order valence-corrected chi connectivity index (χ2v) is 19.8. The van der Waals surface area contributed by atoms with Crippen molar-refractivity contribution in [2.24, 2.45) is 17.3 Å². The van der Waals surface area contributed by atoms with Gasteiger partial charge in [0.25, 0.3) is 11.7 Å². The molecule has 9 rings (SSSR count). The molecule has 62 heavy (non-hydrogen) atoms. The molecule has 0 radical (unpaired) electrons. The fourth-order valence-corrected chi connectivity index (χ4v) is 10.8. The minimum absolute atomic E-state index is 0.150. The van der Waals surface area contributed by atoms with Crippen LogP contribution in [0.25, 0.3) is 33.7 Å². The minimum atomic E-state index is -0.939. The van der Waals surface area contributed by atoms with Crippen LogP contribution < -0.4 is 15.3 Å². The molecule has 2 saturated carbocycles. The predicted octanol–water partition coefficient (Wildman–Crippen LogP) is 5.84. The van der Waals surface area contributed by atoms with Crippen molar-refractivity contribution in [3.8, 4) is 28.7 Å². The number of hydrazine groups is 1. The molecule has 14 nitrogen and oxygen atoms in total. The van der Waals surface area contributed by atoms with E-state index in [0.29, 0.717) is 56.2 Å². The second-order valence-electron chi connectivity index (χ2n) is 18.9. The number of esters is 1. The fraction of sp³-hybridized carbons (Fsp3) is 0.596. The van der Waals surface area contributed by atoms with Crippen LogP contribution >= 0.6 is 11.3 Å². The van der Waals surface area contributed by atoms with Crippen molar-refractivity contribution in [2.75, 3.05) is 33.4 Å². The number of methoxy groups -OCH3 is 1. The Morgan fingerprint density at radius 3 is 2.65 bits per heavy atom. The van der Waals surface area contributed by atoms with Crippen molar-refractivity contribution in [3.63, 3.8) is 0 Å². The van der Waals surface area contributed by atoms with Gasteiger partial charge in [0.1, 0.15) is 18.7 Å². The van der Waals surface area contributed by atoms with Gasteiger partial charge in [-0.2, -0.15) is 5.26 Å². The Morgan fingerprint density at radius 2 is 1.94 bits per heavy atom. The summed E-state index contributed by atoms with van der Waals surface area (Å²) in [6.07, 6.45) is 9.24. The molecule has 0 spiro atoms. The summed E-state index contributed by atoms with van der Waals surface area (Å²) in [6.45, 7) is 12.5. The molecular weight excluding hydrogens is 803 g/mol. The first kappa shape index (κ1) is 42.5. The highest BCUT2D eigenvalue weighted by Gasteiger charge is 2.41. The topological polar surface area (TPSA) is 159 Å². The Kier molecular flexibility index (Phi) is 12.0. The van der Waals surface area contributed by atoms with Gasteiger partial charge in [-0.1, -0.05) is 13.8 Å². The van der Waals surface area contributed by atoms with Crippen molar-refractivity contribution in [3.05, 3.63) is 52.1 Å². The van der Waals surface area contributed by atoms with Crippen LogP contribution in [0.15, 0.2) is 35.8 Å². The van der Waals surface area contributed by atoms with Crippen LogP contribution in [-0.2, 0) is 43.4 Å². The van der Waals surface area contributed by atoms with E-state index in [1.54, 1.807) is 7.11 Å². The van der Waals surface area contributed by atoms with E-state index in [0.717, 1.165) is 71.3 Å². The molecule has 1 aromatic carbocycles. The van der Waals surface area contributed by atoms with E-state index >= 15 is 0 Å². The number of carbonyl (C=O) groups is 3. The summed E-state index contributed by atoms with van der Waals surface area (Å²) >= 11 is 1.45. The second kappa shape index (κ2) is 17.4. The Hall–Kier alpha value is -4.75. The van der Waals surface area contributed by atoms with Crippen LogP contribution in [0.4, 0.5) is 0 Å². The lowest BCUT2D eigenvalue weighted by Crippen LogP contribution is -2.61. The molecule has 5 aliphatic rings. The van der Waals surface area contributed by atoms with Crippen molar-refractivity contribution < 1.29 is 28.4 Å². The first-order chi connectivity index (χ1) is 29.9. The van der Waals surface area contributed by atoms with Gasteiger partial charge >= 0.3 is 5.97 Å². The van der Waals surface area contributed by atoms with E-state index in [2.05, 4.69) is 89.0 Å². The SMILES string of the molecule is CC[n+]1c(-c2cc(C3CCN(C4CC4)CC3)cnc2[C@H](C)OC)n2c3cc(ccc31)-c1csc(n1)C[C@H](NC(=O)[C@H]1CC[C@@H]1C#N)C(=O)N1CCC[C@H](N1)C(=O)OCC(C)(C)C2. The Morgan fingerprint density at radius 1 is 1.13 bits per heavy atom. The van der Waals surface area contributed by atoms with E-state index in [9.17, 15) is 19.6 Å². The van der Waals surface area contributed by atoms with Crippen LogP contribution in [0.3, 0.4) is 0 Å². The number of nitriles is 1. The number of aromatic nitrogens is 4. The molecule has 4 fully saturated rings. The number of aryl methyl sites for hydroxylation is 1. The van der Waals surface area contributed by atoms with Gasteiger partial charge in [-0.25, -0.2) is 19.5 Å². The number of thiazole rings is 1. The number of amides is 2. The molecule has 2 N–H and O–H groups in total. The number of likely N-dealkylation sites (tertiary alicyclic amines) is 1. The van der Waals surface area contributed by atoms with Crippen LogP contribution in [0.5, 0.6) is 0 Å². The number of piperidine rings is 1. The quantitative estimate of drug-likeness (QED) is 0.163. The van der Waals surface area contributed by atoms with Crippen molar-refractivity contribution in [1.82, 2.24) is 35.2 Å². The first-order valence-electron chi connectivity index (χ1n) is 22.7. The average molecular weight is 863 g/mol. The van der Waals surface area contributed by atoms with E-state index < -0.39 is 29.4 Å². The van der Waals surface area contributed by atoms with Crippen LogP contribution in [0, 0.1) is 28.6 Å². The summed E-state index contributed by atoms with van der Waals surface area (Å²) in [7, 11) is 1.73. The molecule has 2 aliphatic carbocycles. The predicted molar refractivity (Wildman–Crippen MR) is 234 cm³/mol. The Balaban J connectivity index is 1.14. The minimum Gasteiger partial charge on any atom is -0.464 e. The molecule has 3 aliphatic heterocycles. The molecular formula is C47H60N9O5S+. The number of hydrogen-bond donors (Lipinski definition) is 2. The largest absolute Gasteiger partial charge is 0.464 e. The third-order valence-electron chi connectivity index (χ3n) is 13.9. The number of ether oxygens (including phenoxy) is 2. The first-order valence-corrected chi connectivity index (χ1v) is 23.5. The standard InChI is InChI=1S/C47H59N9O5S/c1-6-54-39-14-10-30-21-40(39)55(44(54)35-20-32(24-49-42(35)28(2)60-5)29-15-18-53(19-16-29)33-11-12-33)26-47(3,4)27-61-46(59)36-8-7-17-56(52-36)45(58)37(22-41-50-38(30)25-62-41)51-43(57)34-13-9-31(34)23-48/h10,14,20-21,24-25,28-29,31,33-34,36-37,52H,6-9,11-13,15-19,22,26-27H2,1-5H3/p+1/t28-,31+,34-,36-,37-/m0/s1. The number of hydrogen-bond acceptors (Lipinski definition) is 11. The highest BCUT2D eigenvalue weighted by Crippen LogP contribution is 2.39. The number of rotatable bonds is 8. The fourth-order valence-electron chi connectivity index (χ4n) is 9.94. The molecule has 6 heterocycles. The van der Waals surface area contributed by atoms with Crippen LogP contribution in [0.2, 0.25) is 0 Å². The third kappa shape index (κ3) is 8.39. The summed E-state index contributed by atoms with van der Waals surface area (Å²) in [5.74, 6) is -0.432. The Labute approximate surface area is 367 Å². The molecule has 2 saturated heterocycles. The highest BCUT2D eigenvalue weighted by atomic mass is 32.1.